The minimum Gasteiger partial charge on any atom is -0.465 e. The highest BCUT2D eigenvalue weighted by molar-refractivity contribution is 5.71. The molecule has 0 radical (unpaired) electrons. The molecular formula is C16H22N2O4. The SMILES string of the molecule is CCOC(=O)CNC1CC(NC(=O)OCc2ccccc2)C1. The van der Waals surface area contributed by atoms with Gasteiger partial charge in [-0.2, -0.15) is 0 Å². The Kier molecular flexibility index (Phi) is 6.21. The molecule has 0 aromatic heterocycles. The Bertz CT molecular complexity index is 486. The summed E-state index contributed by atoms with van der Waals surface area (Å²) >= 11 is 0. The molecule has 0 spiro atoms. The van der Waals surface area contributed by atoms with Gasteiger partial charge in [0.2, 0.25) is 0 Å². The number of ether oxygens (including phenoxy) is 2. The Balaban J connectivity index is 1.55. The van der Waals surface area contributed by atoms with Crippen molar-refractivity contribution in [1.82, 2.24) is 10.6 Å². The highest BCUT2D eigenvalue weighted by atomic mass is 16.5. The molecule has 1 aliphatic rings. The summed E-state index contributed by atoms with van der Waals surface area (Å²) in [6, 6.07) is 9.89. The predicted molar refractivity (Wildman–Crippen MR) is 81.2 cm³/mol. The summed E-state index contributed by atoms with van der Waals surface area (Å²) in [5.41, 5.74) is 0.959. The van der Waals surface area contributed by atoms with Crippen LogP contribution in [0.25, 0.3) is 0 Å². The van der Waals surface area contributed by atoms with Crippen molar-refractivity contribution in [1.29, 1.82) is 0 Å². The van der Waals surface area contributed by atoms with Gasteiger partial charge in [-0.05, 0) is 25.3 Å². The molecule has 1 aliphatic carbocycles. The smallest absolute Gasteiger partial charge is 0.407 e. The van der Waals surface area contributed by atoms with E-state index in [4.69, 9.17) is 9.47 Å². The topological polar surface area (TPSA) is 76.7 Å². The summed E-state index contributed by atoms with van der Waals surface area (Å²) in [5, 5.41) is 5.91. The molecule has 0 atom stereocenters. The van der Waals surface area contributed by atoms with Gasteiger partial charge in [-0.3, -0.25) is 4.79 Å². The number of hydrogen-bond donors (Lipinski definition) is 2. The van der Waals surface area contributed by atoms with Crippen LogP contribution < -0.4 is 10.6 Å². The van der Waals surface area contributed by atoms with Crippen LogP contribution in [0.15, 0.2) is 30.3 Å². The fraction of sp³-hybridized carbons (Fsp3) is 0.500. The van der Waals surface area contributed by atoms with Gasteiger partial charge in [-0.15, -0.1) is 0 Å². The highest BCUT2D eigenvalue weighted by Crippen LogP contribution is 2.19. The van der Waals surface area contributed by atoms with Gasteiger partial charge in [-0.25, -0.2) is 4.79 Å². The normalized spacial score (nSPS) is 19.9. The zero-order valence-corrected chi connectivity index (χ0v) is 12.7. The summed E-state index contributed by atoms with van der Waals surface area (Å²) in [5.74, 6) is -0.249. The van der Waals surface area contributed by atoms with Crippen LogP contribution in [0.4, 0.5) is 4.79 Å². The molecule has 0 saturated heterocycles. The largest absolute Gasteiger partial charge is 0.465 e. The Hall–Kier alpha value is -2.08. The van der Waals surface area contributed by atoms with Crippen molar-refractivity contribution >= 4 is 12.1 Å². The Labute approximate surface area is 130 Å². The van der Waals surface area contributed by atoms with Gasteiger partial charge < -0.3 is 20.1 Å². The van der Waals surface area contributed by atoms with Gasteiger partial charge in [0.05, 0.1) is 13.2 Å². The van der Waals surface area contributed by atoms with Gasteiger partial charge in [-0.1, -0.05) is 30.3 Å². The molecule has 2 N–H and O–H groups in total. The molecule has 2 rings (SSSR count). The Morgan fingerprint density at radius 2 is 1.86 bits per heavy atom. The van der Waals surface area contributed by atoms with Crippen LogP contribution in [-0.4, -0.2) is 37.3 Å². The first kappa shape index (κ1) is 16.3. The number of nitrogens with one attached hydrogen (secondary N) is 2. The van der Waals surface area contributed by atoms with Crippen molar-refractivity contribution in [3.63, 3.8) is 0 Å². The first-order chi connectivity index (χ1) is 10.7. The Morgan fingerprint density at radius 1 is 1.14 bits per heavy atom. The van der Waals surface area contributed by atoms with Gasteiger partial charge in [0.15, 0.2) is 0 Å². The third kappa shape index (κ3) is 5.37. The van der Waals surface area contributed by atoms with E-state index < -0.39 is 6.09 Å². The molecule has 0 bridgehead atoms. The number of hydrogen-bond acceptors (Lipinski definition) is 5. The number of amides is 1. The van der Waals surface area contributed by atoms with E-state index in [9.17, 15) is 9.59 Å². The zero-order chi connectivity index (χ0) is 15.8. The number of benzene rings is 1. The maximum absolute atomic E-state index is 11.6. The molecule has 120 valence electrons. The van der Waals surface area contributed by atoms with Gasteiger partial charge >= 0.3 is 12.1 Å². The van der Waals surface area contributed by atoms with Crippen molar-refractivity contribution < 1.29 is 19.1 Å². The zero-order valence-electron chi connectivity index (χ0n) is 12.7. The second kappa shape index (κ2) is 8.38. The van der Waals surface area contributed by atoms with Crippen LogP contribution >= 0.6 is 0 Å². The lowest BCUT2D eigenvalue weighted by molar-refractivity contribution is -0.142. The Morgan fingerprint density at radius 3 is 2.55 bits per heavy atom. The molecule has 6 heteroatoms. The third-order valence-electron chi connectivity index (χ3n) is 3.51. The molecule has 0 aliphatic heterocycles. The molecule has 1 amide bonds. The highest BCUT2D eigenvalue weighted by Gasteiger charge is 2.30. The number of esters is 1. The molecule has 1 fully saturated rings. The lowest BCUT2D eigenvalue weighted by Gasteiger charge is -2.35. The van der Waals surface area contributed by atoms with Crippen LogP contribution in [0.2, 0.25) is 0 Å². The molecular weight excluding hydrogens is 284 g/mol. The maximum atomic E-state index is 11.6. The van der Waals surface area contributed by atoms with Crippen molar-refractivity contribution in [2.24, 2.45) is 0 Å². The second-order valence-corrected chi connectivity index (χ2v) is 5.26. The van der Waals surface area contributed by atoms with Crippen molar-refractivity contribution in [2.45, 2.75) is 38.5 Å². The van der Waals surface area contributed by atoms with Crippen molar-refractivity contribution in [3.8, 4) is 0 Å². The standard InChI is InChI=1S/C16H22N2O4/c1-2-21-15(19)10-17-13-8-14(9-13)18-16(20)22-11-12-6-4-3-5-7-12/h3-7,13-14,17H,2,8-11H2,1H3,(H,18,20). The number of rotatable bonds is 7. The van der Waals surface area contributed by atoms with E-state index in [0.29, 0.717) is 6.61 Å². The number of carbonyl (C=O) groups excluding carboxylic acids is 2. The van der Waals surface area contributed by atoms with Gasteiger partial charge in [0.1, 0.15) is 6.61 Å². The van der Waals surface area contributed by atoms with E-state index in [1.807, 2.05) is 30.3 Å². The monoisotopic (exact) mass is 306 g/mol. The number of alkyl carbamates (subject to hydrolysis) is 1. The summed E-state index contributed by atoms with van der Waals surface area (Å²) in [7, 11) is 0. The van der Waals surface area contributed by atoms with E-state index in [2.05, 4.69) is 10.6 Å². The molecule has 22 heavy (non-hydrogen) atoms. The molecule has 0 heterocycles. The fourth-order valence-electron chi connectivity index (χ4n) is 2.27. The minimum absolute atomic E-state index is 0.1000. The summed E-state index contributed by atoms with van der Waals surface area (Å²) < 4.78 is 9.99. The fourth-order valence-corrected chi connectivity index (χ4v) is 2.27. The molecule has 1 saturated carbocycles. The van der Waals surface area contributed by atoms with Crippen LogP contribution in [0.3, 0.4) is 0 Å². The van der Waals surface area contributed by atoms with Crippen molar-refractivity contribution in [2.75, 3.05) is 13.2 Å². The van der Waals surface area contributed by atoms with Crippen LogP contribution in [0, 0.1) is 0 Å². The van der Waals surface area contributed by atoms with Crippen LogP contribution in [-0.2, 0) is 20.9 Å². The van der Waals surface area contributed by atoms with Crippen LogP contribution in [0.5, 0.6) is 0 Å². The first-order valence-electron chi connectivity index (χ1n) is 7.53. The second-order valence-electron chi connectivity index (χ2n) is 5.26. The van der Waals surface area contributed by atoms with E-state index in [1.54, 1.807) is 6.92 Å². The molecule has 1 aromatic rings. The quantitative estimate of drug-likeness (QED) is 0.748. The summed E-state index contributed by atoms with van der Waals surface area (Å²) in [6.07, 6.45) is 1.18. The average Bonchev–Trinajstić information content (AvgIpc) is 2.48. The maximum Gasteiger partial charge on any atom is 0.407 e. The lowest BCUT2D eigenvalue weighted by atomic mass is 9.87. The summed E-state index contributed by atoms with van der Waals surface area (Å²) in [6.45, 7) is 2.65. The average molecular weight is 306 g/mol. The minimum atomic E-state index is -0.405. The van der Waals surface area contributed by atoms with E-state index >= 15 is 0 Å². The van der Waals surface area contributed by atoms with Crippen molar-refractivity contribution in [3.05, 3.63) is 35.9 Å². The molecule has 1 aromatic carbocycles. The molecule has 6 nitrogen and oxygen atoms in total. The van der Waals surface area contributed by atoms with E-state index in [0.717, 1.165) is 18.4 Å². The van der Waals surface area contributed by atoms with E-state index in [1.165, 1.54) is 0 Å². The lowest BCUT2D eigenvalue weighted by Crippen LogP contribution is -2.53. The van der Waals surface area contributed by atoms with Crippen LogP contribution in [0.1, 0.15) is 25.3 Å². The van der Waals surface area contributed by atoms with Gasteiger partial charge in [0.25, 0.3) is 0 Å². The number of carbonyl (C=O) groups is 2. The van der Waals surface area contributed by atoms with E-state index in [-0.39, 0.29) is 31.2 Å². The summed E-state index contributed by atoms with van der Waals surface area (Å²) in [4.78, 5) is 22.8. The molecule has 0 unspecified atom stereocenters. The van der Waals surface area contributed by atoms with Gasteiger partial charge in [0, 0.05) is 12.1 Å². The third-order valence-corrected chi connectivity index (χ3v) is 3.51. The first-order valence-corrected chi connectivity index (χ1v) is 7.53. The predicted octanol–water partition coefficient (Wildman–Crippen LogP) is 1.60.